The molecule has 182 valence electrons. The SMILES string of the molecule is CC1CC(n2c(Nc3ccc(OC(C)C)cc3)nc3cc(OCC(=O)O)ccc32)CC(C)(C)C1. The minimum atomic E-state index is -1.00. The number of nitrogens with one attached hydrogen (secondary N) is 1. The van der Waals surface area contributed by atoms with Crippen LogP contribution in [0.15, 0.2) is 42.5 Å². The third-order valence-corrected chi connectivity index (χ3v) is 6.23. The van der Waals surface area contributed by atoms with Gasteiger partial charge >= 0.3 is 5.97 Å². The Morgan fingerprint density at radius 1 is 1.18 bits per heavy atom. The van der Waals surface area contributed by atoms with Gasteiger partial charge in [0, 0.05) is 17.8 Å². The smallest absolute Gasteiger partial charge is 0.341 e. The number of hydrogen-bond donors (Lipinski definition) is 2. The Labute approximate surface area is 201 Å². The number of carboxylic acids is 1. The third-order valence-electron chi connectivity index (χ3n) is 6.23. The van der Waals surface area contributed by atoms with Gasteiger partial charge in [-0.25, -0.2) is 9.78 Å². The fourth-order valence-electron chi connectivity index (χ4n) is 5.28. The lowest BCUT2D eigenvalue weighted by Crippen LogP contribution is -2.29. The highest BCUT2D eigenvalue weighted by Crippen LogP contribution is 2.46. The van der Waals surface area contributed by atoms with Crippen molar-refractivity contribution in [2.24, 2.45) is 11.3 Å². The average molecular weight is 466 g/mol. The molecule has 7 heteroatoms. The van der Waals surface area contributed by atoms with Crippen LogP contribution in [0.1, 0.15) is 59.9 Å². The third kappa shape index (κ3) is 5.64. The molecule has 0 amide bonds. The van der Waals surface area contributed by atoms with Crippen molar-refractivity contribution in [2.45, 2.75) is 66.0 Å². The summed E-state index contributed by atoms with van der Waals surface area (Å²) in [6.07, 6.45) is 3.48. The first kappa shape index (κ1) is 23.9. The molecule has 34 heavy (non-hydrogen) atoms. The summed E-state index contributed by atoms with van der Waals surface area (Å²) in [6, 6.07) is 13.8. The number of nitrogens with zero attached hydrogens (tertiary/aromatic N) is 2. The van der Waals surface area contributed by atoms with E-state index in [1.807, 2.05) is 56.3 Å². The number of aliphatic carboxylic acids is 1. The normalized spacial score (nSPS) is 19.8. The largest absolute Gasteiger partial charge is 0.491 e. The van der Waals surface area contributed by atoms with E-state index < -0.39 is 5.97 Å². The highest BCUT2D eigenvalue weighted by Gasteiger charge is 2.34. The number of fused-ring (bicyclic) bond motifs is 1. The number of anilines is 2. The van der Waals surface area contributed by atoms with Crippen LogP contribution in [0.4, 0.5) is 11.6 Å². The van der Waals surface area contributed by atoms with Gasteiger partial charge in [-0.2, -0.15) is 0 Å². The first-order valence-corrected chi connectivity index (χ1v) is 12.0. The van der Waals surface area contributed by atoms with Gasteiger partial charge in [0.1, 0.15) is 11.5 Å². The zero-order valence-corrected chi connectivity index (χ0v) is 20.7. The predicted octanol–water partition coefficient (Wildman–Crippen LogP) is 6.42. The molecule has 2 atom stereocenters. The monoisotopic (exact) mass is 465 g/mol. The Hall–Kier alpha value is -3.22. The molecule has 0 radical (unpaired) electrons. The molecule has 1 aliphatic carbocycles. The standard InChI is InChI=1S/C27H35N3O4/c1-17(2)34-21-8-6-19(7-9-21)28-26-29-23-13-22(33-16-25(31)32)10-11-24(23)30(26)20-12-18(3)14-27(4,5)15-20/h6-11,13,17-18,20H,12,14-16H2,1-5H3,(H,28,29)(H,31,32). The van der Waals surface area contributed by atoms with E-state index >= 15 is 0 Å². The second-order valence-corrected chi connectivity index (χ2v) is 10.5. The molecule has 2 unspecified atom stereocenters. The van der Waals surface area contributed by atoms with E-state index in [2.05, 4.69) is 30.7 Å². The number of carbonyl (C=O) groups is 1. The van der Waals surface area contributed by atoms with E-state index in [-0.39, 0.29) is 18.1 Å². The van der Waals surface area contributed by atoms with Crippen molar-refractivity contribution in [3.05, 3.63) is 42.5 Å². The molecule has 0 saturated heterocycles. The van der Waals surface area contributed by atoms with Crippen LogP contribution in [0.5, 0.6) is 11.5 Å². The number of aromatic nitrogens is 2. The van der Waals surface area contributed by atoms with Crippen LogP contribution < -0.4 is 14.8 Å². The predicted molar refractivity (Wildman–Crippen MR) is 134 cm³/mol. The Morgan fingerprint density at radius 2 is 1.88 bits per heavy atom. The van der Waals surface area contributed by atoms with Gasteiger partial charge in [0.05, 0.1) is 17.1 Å². The summed E-state index contributed by atoms with van der Waals surface area (Å²) in [5.41, 5.74) is 2.97. The molecule has 1 fully saturated rings. The molecular formula is C27H35N3O4. The quantitative estimate of drug-likeness (QED) is 0.399. The lowest BCUT2D eigenvalue weighted by molar-refractivity contribution is -0.139. The number of carboxylic acid groups (broad SMARTS) is 1. The van der Waals surface area contributed by atoms with E-state index in [4.69, 9.17) is 19.6 Å². The Morgan fingerprint density at radius 3 is 2.53 bits per heavy atom. The highest BCUT2D eigenvalue weighted by molar-refractivity contribution is 5.81. The van der Waals surface area contributed by atoms with Gasteiger partial charge in [-0.1, -0.05) is 20.8 Å². The zero-order chi connectivity index (χ0) is 24.5. The summed E-state index contributed by atoms with van der Waals surface area (Å²) in [5, 5.41) is 12.5. The highest BCUT2D eigenvalue weighted by atomic mass is 16.5. The van der Waals surface area contributed by atoms with Crippen LogP contribution >= 0.6 is 0 Å². The molecule has 2 aromatic carbocycles. The topological polar surface area (TPSA) is 85.6 Å². The number of imidazole rings is 1. The second kappa shape index (κ2) is 9.57. The molecule has 2 N–H and O–H groups in total. The van der Waals surface area contributed by atoms with E-state index in [1.54, 1.807) is 0 Å². The van der Waals surface area contributed by atoms with Gasteiger partial charge in [-0.15, -0.1) is 0 Å². The Bertz CT molecular complexity index is 1150. The molecule has 7 nitrogen and oxygen atoms in total. The first-order valence-electron chi connectivity index (χ1n) is 12.0. The van der Waals surface area contributed by atoms with Crippen molar-refractivity contribution in [2.75, 3.05) is 11.9 Å². The summed E-state index contributed by atoms with van der Waals surface area (Å²) >= 11 is 0. The van der Waals surface area contributed by atoms with Crippen molar-refractivity contribution in [3.8, 4) is 11.5 Å². The Kier molecular flexibility index (Phi) is 6.73. The molecule has 4 rings (SSSR count). The summed E-state index contributed by atoms with van der Waals surface area (Å²) < 4.78 is 13.5. The second-order valence-electron chi connectivity index (χ2n) is 10.5. The number of hydrogen-bond acceptors (Lipinski definition) is 5. The van der Waals surface area contributed by atoms with Crippen LogP contribution in [-0.2, 0) is 4.79 Å². The van der Waals surface area contributed by atoms with Gasteiger partial charge in [-0.3, -0.25) is 0 Å². The molecule has 1 aromatic heterocycles. The van der Waals surface area contributed by atoms with Crippen LogP contribution in [0.25, 0.3) is 11.0 Å². The molecule has 0 aliphatic heterocycles. The van der Waals surface area contributed by atoms with Crippen molar-refractivity contribution >= 4 is 28.6 Å². The van der Waals surface area contributed by atoms with Crippen molar-refractivity contribution in [1.29, 1.82) is 0 Å². The maximum atomic E-state index is 10.9. The lowest BCUT2D eigenvalue weighted by atomic mass is 9.70. The van der Waals surface area contributed by atoms with E-state index in [1.165, 1.54) is 6.42 Å². The molecule has 1 heterocycles. The minimum absolute atomic E-state index is 0.122. The van der Waals surface area contributed by atoms with Crippen LogP contribution in [0.3, 0.4) is 0 Å². The van der Waals surface area contributed by atoms with Crippen LogP contribution in [0, 0.1) is 11.3 Å². The first-order chi connectivity index (χ1) is 16.1. The lowest BCUT2D eigenvalue weighted by Gasteiger charge is -2.40. The van der Waals surface area contributed by atoms with Crippen LogP contribution in [-0.4, -0.2) is 33.3 Å². The van der Waals surface area contributed by atoms with Crippen molar-refractivity contribution < 1.29 is 19.4 Å². The Balaban J connectivity index is 1.71. The molecular weight excluding hydrogens is 430 g/mol. The summed E-state index contributed by atoms with van der Waals surface area (Å²) in [5.74, 6) is 1.72. The average Bonchev–Trinajstić information content (AvgIpc) is 3.09. The molecule has 1 saturated carbocycles. The van der Waals surface area contributed by atoms with E-state index in [0.29, 0.717) is 17.7 Å². The van der Waals surface area contributed by atoms with Gasteiger partial charge in [0.25, 0.3) is 0 Å². The van der Waals surface area contributed by atoms with Crippen molar-refractivity contribution in [1.82, 2.24) is 9.55 Å². The minimum Gasteiger partial charge on any atom is -0.491 e. The zero-order valence-electron chi connectivity index (χ0n) is 20.7. The maximum Gasteiger partial charge on any atom is 0.341 e. The molecule has 0 spiro atoms. The summed E-state index contributed by atoms with van der Waals surface area (Å²) in [7, 11) is 0. The van der Waals surface area contributed by atoms with Gasteiger partial charge in [0.2, 0.25) is 5.95 Å². The maximum absolute atomic E-state index is 10.9. The van der Waals surface area contributed by atoms with Crippen LogP contribution in [0.2, 0.25) is 0 Å². The van der Waals surface area contributed by atoms with E-state index in [9.17, 15) is 4.79 Å². The fraction of sp³-hybridized carbons (Fsp3) is 0.481. The van der Waals surface area contributed by atoms with Gasteiger partial charge < -0.3 is 24.5 Å². The summed E-state index contributed by atoms with van der Waals surface area (Å²) in [6.45, 7) is 10.6. The molecule has 3 aromatic rings. The van der Waals surface area contributed by atoms with Crippen molar-refractivity contribution in [3.63, 3.8) is 0 Å². The summed E-state index contributed by atoms with van der Waals surface area (Å²) in [4.78, 5) is 15.8. The van der Waals surface area contributed by atoms with E-state index in [0.717, 1.165) is 41.3 Å². The molecule has 0 bridgehead atoms. The van der Waals surface area contributed by atoms with Gasteiger partial charge in [0.15, 0.2) is 6.61 Å². The van der Waals surface area contributed by atoms with Gasteiger partial charge in [-0.05, 0) is 80.8 Å². The molecule has 1 aliphatic rings. The fourth-order valence-corrected chi connectivity index (χ4v) is 5.28. The number of ether oxygens (including phenoxy) is 2. The number of benzene rings is 2. The number of rotatable bonds is 8.